The second kappa shape index (κ2) is 8.18. The number of allylic oxidation sites excluding steroid dienone is 1. The van der Waals surface area contributed by atoms with E-state index in [9.17, 15) is 19.7 Å². The highest BCUT2D eigenvalue weighted by atomic mass is 35.5. The SMILES string of the molecule is CCCC1=C(C(=O)OC(C)C)C(c2ccc(Cl)c([N+](=O)[O-])c2)NC(=O)N1. The third-order valence-corrected chi connectivity index (χ3v) is 4.04. The average molecular weight is 382 g/mol. The van der Waals surface area contributed by atoms with Gasteiger partial charge in [0.1, 0.15) is 5.02 Å². The van der Waals surface area contributed by atoms with Crippen molar-refractivity contribution >= 4 is 29.3 Å². The van der Waals surface area contributed by atoms with Gasteiger partial charge in [0.05, 0.1) is 22.6 Å². The summed E-state index contributed by atoms with van der Waals surface area (Å²) < 4.78 is 5.31. The third-order valence-electron chi connectivity index (χ3n) is 3.72. The van der Waals surface area contributed by atoms with Crippen molar-refractivity contribution in [3.05, 3.63) is 50.2 Å². The Kier molecular flexibility index (Phi) is 6.20. The number of nitro benzene ring substituents is 1. The second-order valence-corrected chi connectivity index (χ2v) is 6.50. The Bertz CT molecular complexity index is 776. The van der Waals surface area contributed by atoms with Gasteiger partial charge in [0.2, 0.25) is 0 Å². The van der Waals surface area contributed by atoms with Crippen LogP contribution in [0, 0.1) is 10.1 Å². The van der Waals surface area contributed by atoms with E-state index in [1.807, 2.05) is 6.92 Å². The first kappa shape index (κ1) is 19.7. The zero-order valence-electron chi connectivity index (χ0n) is 14.7. The molecule has 2 N–H and O–H groups in total. The van der Waals surface area contributed by atoms with Crippen molar-refractivity contribution in [2.75, 3.05) is 0 Å². The maximum atomic E-state index is 12.6. The first-order valence-corrected chi connectivity index (χ1v) is 8.57. The largest absolute Gasteiger partial charge is 0.459 e. The normalized spacial score (nSPS) is 17.0. The van der Waals surface area contributed by atoms with E-state index in [0.717, 1.165) is 0 Å². The number of nitrogens with one attached hydrogen (secondary N) is 2. The number of carbonyl (C=O) groups excluding carboxylic acids is 2. The van der Waals surface area contributed by atoms with Crippen LogP contribution in [-0.4, -0.2) is 23.0 Å². The van der Waals surface area contributed by atoms with Gasteiger partial charge < -0.3 is 15.4 Å². The van der Waals surface area contributed by atoms with Gasteiger partial charge in [0, 0.05) is 11.8 Å². The Morgan fingerprint density at radius 3 is 2.69 bits per heavy atom. The second-order valence-electron chi connectivity index (χ2n) is 6.10. The maximum absolute atomic E-state index is 12.6. The Hall–Kier alpha value is -2.61. The number of rotatable bonds is 6. The lowest BCUT2D eigenvalue weighted by molar-refractivity contribution is -0.384. The van der Waals surface area contributed by atoms with E-state index in [1.54, 1.807) is 13.8 Å². The number of esters is 1. The van der Waals surface area contributed by atoms with Crippen LogP contribution in [0.2, 0.25) is 5.02 Å². The zero-order valence-corrected chi connectivity index (χ0v) is 15.4. The number of hydrogen-bond acceptors (Lipinski definition) is 5. The first-order valence-electron chi connectivity index (χ1n) is 8.20. The van der Waals surface area contributed by atoms with Crippen LogP contribution in [0.4, 0.5) is 10.5 Å². The summed E-state index contributed by atoms with van der Waals surface area (Å²) in [6, 6.07) is 2.81. The Balaban J connectivity index is 2.57. The predicted octanol–water partition coefficient (Wildman–Crippen LogP) is 3.61. The molecule has 1 atom stereocenters. The van der Waals surface area contributed by atoms with Gasteiger partial charge in [-0.05, 0) is 31.9 Å². The van der Waals surface area contributed by atoms with Gasteiger partial charge in [-0.2, -0.15) is 0 Å². The number of carbonyl (C=O) groups is 2. The van der Waals surface area contributed by atoms with Crippen LogP contribution in [0.3, 0.4) is 0 Å². The molecule has 0 fully saturated rings. The molecule has 26 heavy (non-hydrogen) atoms. The molecule has 0 spiro atoms. The van der Waals surface area contributed by atoms with E-state index in [2.05, 4.69) is 10.6 Å². The molecule has 0 aromatic heterocycles. The van der Waals surface area contributed by atoms with Gasteiger partial charge >= 0.3 is 12.0 Å². The third kappa shape index (κ3) is 4.32. The van der Waals surface area contributed by atoms with Crippen LogP contribution < -0.4 is 10.6 Å². The number of amides is 2. The van der Waals surface area contributed by atoms with Crippen LogP contribution in [0.5, 0.6) is 0 Å². The monoisotopic (exact) mass is 381 g/mol. The fourth-order valence-corrected chi connectivity index (χ4v) is 2.87. The molecule has 2 amide bonds. The molecular weight excluding hydrogens is 362 g/mol. The van der Waals surface area contributed by atoms with Crippen molar-refractivity contribution in [1.82, 2.24) is 10.6 Å². The average Bonchev–Trinajstić information content (AvgIpc) is 2.54. The van der Waals surface area contributed by atoms with Crippen molar-refractivity contribution < 1.29 is 19.2 Å². The topological polar surface area (TPSA) is 111 Å². The minimum Gasteiger partial charge on any atom is -0.459 e. The fraction of sp³-hybridized carbons (Fsp3) is 0.412. The predicted molar refractivity (Wildman–Crippen MR) is 95.7 cm³/mol. The van der Waals surface area contributed by atoms with E-state index < -0.39 is 23.0 Å². The fourth-order valence-electron chi connectivity index (χ4n) is 2.68. The van der Waals surface area contributed by atoms with Crippen molar-refractivity contribution in [1.29, 1.82) is 0 Å². The van der Waals surface area contributed by atoms with Crippen LogP contribution >= 0.6 is 11.6 Å². The Morgan fingerprint density at radius 1 is 1.42 bits per heavy atom. The molecule has 0 aliphatic carbocycles. The minimum absolute atomic E-state index is 0.0249. The molecule has 1 aliphatic rings. The summed E-state index contributed by atoms with van der Waals surface area (Å²) in [5.41, 5.74) is 0.757. The minimum atomic E-state index is -0.868. The van der Waals surface area contributed by atoms with E-state index >= 15 is 0 Å². The van der Waals surface area contributed by atoms with Crippen LogP contribution in [-0.2, 0) is 9.53 Å². The molecule has 8 nitrogen and oxygen atoms in total. The van der Waals surface area contributed by atoms with Gasteiger partial charge in [-0.15, -0.1) is 0 Å². The maximum Gasteiger partial charge on any atom is 0.338 e. The van der Waals surface area contributed by atoms with Crippen molar-refractivity contribution in [2.24, 2.45) is 0 Å². The van der Waals surface area contributed by atoms with Crippen molar-refractivity contribution in [3.63, 3.8) is 0 Å². The molecule has 9 heteroatoms. The molecule has 1 unspecified atom stereocenters. The molecule has 1 heterocycles. The number of urea groups is 1. The highest BCUT2D eigenvalue weighted by Gasteiger charge is 2.34. The Labute approximate surface area is 155 Å². The molecular formula is C17H20ClN3O5. The highest BCUT2D eigenvalue weighted by molar-refractivity contribution is 6.32. The van der Waals surface area contributed by atoms with E-state index in [0.29, 0.717) is 24.1 Å². The zero-order chi connectivity index (χ0) is 19.4. The Morgan fingerprint density at radius 2 is 2.12 bits per heavy atom. The summed E-state index contributed by atoms with van der Waals surface area (Å²) in [5.74, 6) is -0.585. The quantitative estimate of drug-likeness (QED) is 0.444. The van der Waals surface area contributed by atoms with E-state index in [1.165, 1.54) is 18.2 Å². The number of benzene rings is 1. The molecule has 0 saturated carbocycles. The number of nitro groups is 1. The summed E-state index contributed by atoms with van der Waals surface area (Å²) in [5, 5.41) is 16.4. The smallest absolute Gasteiger partial charge is 0.338 e. The lowest BCUT2D eigenvalue weighted by atomic mass is 9.93. The van der Waals surface area contributed by atoms with Gasteiger partial charge in [0.15, 0.2) is 0 Å². The van der Waals surface area contributed by atoms with Gasteiger partial charge in [-0.1, -0.05) is 31.0 Å². The number of nitrogens with zero attached hydrogens (tertiary/aromatic N) is 1. The molecule has 1 aliphatic heterocycles. The molecule has 0 radical (unpaired) electrons. The lowest BCUT2D eigenvalue weighted by Crippen LogP contribution is -2.46. The summed E-state index contributed by atoms with van der Waals surface area (Å²) in [6.07, 6.45) is 0.805. The first-order chi connectivity index (χ1) is 12.2. The van der Waals surface area contributed by atoms with Gasteiger partial charge in [-0.3, -0.25) is 10.1 Å². The number of ether oxygens (including phenoxy) is 1. The summed E-state index contributed by atoms with van der Waals surface area (Å²) >= 11 is 5.86. The molecule has 0 bridgehead atoms. The summed E-state index contributed by atoms with van der Waals surface area (Å²) in [6.45, 7) is 5.35. The van der Waals surface area contributed by atoms with Crippen molar-refractivity contribution in [2.45, 2.75) is 45.8 Å². The summed E-state index contributed by atoms with van der Waals surface area (Å²) in [4.78, 5) is 35.2. The van der Waals surface area contributed by atoms with Crippen LogP contribution in [0.25, 0.3) is 0 Å². The molecule has 1 aromatic carbocycles. The number of halogens is 1. The highest BCUT2D eigenvalue weighted by Crippen LogP contribution is 2.34. The molecule has 0 saturated heterocycles. The molecule has 140 valence electrons. The van der Waals surface area contributed by atoms with Crippen molar-refractivity contribution in [3.8, 4) is 0 Å². The molecule has 1 aromatic rings. The van der Waals surface area contributed by atoms with E-state index in [-0.39, 0.29) is 22.4 Å². The number of hydrogen-bond donors (Lipinski definition) is 2. The van der Waals surface area contributed by atoms with Crippen LogP contribution in [0.15, 0.2) is 29.5 Å². The van der Waals surface area contributed by atoms with Crippen LogP contribution in [0.1, 0.15) is 45.2 Å². The van der Waals surface area contributed by atoms with E-state index in [4.69, 9.17) is 16.3 Å². The standard InChI is InChI=1S/C17H20ClN3O5/c1-4-5-12-14(16(22)26-9(2)3)15(20-17(23)19-12)10-6-7-11(18)13(8-10)21(24)25/h6-9,15H,4-5H2,1-3H3,(H2,19,20,23). The van der Waals surface area contributed by atoms with Gasteiger partial charge in [-0.25, -0.2) is 9.59 Å². The summed E-state index contributed by atoms with van der Waals surface area (Å²) in [7, 11) is 0. The lowest BCUT2D eigenvalue weighted by Gasteiger charge is -2.29. The van der Waals surface area contributed by atoms with Gasteiger partial charge in [0.25, 0.3) is 5.69 Å². The molecule has 2 rings (SSSR count).